The van der Waals surface area contributed by atoms with Crippen LogP contribution in [0, 0.1) is 23.2 Å². The predicted octanol–water partition coefficient (Wildman–Crippen LogP) is -0.467. The molecule has 6 N–H and O–H groups in total. The minimum Gasteiger partial charge on any atom is -0.481 e. The minimum absolute atomic E-state index is 0.0734. The van der Waals surface area contributed by atoms with E-state index >= 15 is 0 Å². The lowest BCUT2D eigenvalue weighted by molar-refractivity contribution is -0.908. The first-order valence-corrected chi connectivity index (χ1v) is 11.1. The monoisotopic (exact) mass is 476 g/mol. The van der Waals surface area contributed by atoms with Crippen LogP contribution in [0.3, 0.4) is 0 Å². The van der Waals surface area contributed by atoms with E-state index in [0.29, 0.717) is 22.1 Å². The molecule has 0 radical (unpaired) electrons. The number of hydrogen-bond acceptors (Lipinski definition) is 5. The minimum atomic E-state index is -1.55. The number of aliphatic hydroxyl groups is 1. The molecule has 0 aliphatic rings. The van der Waals surface area contributed by atoms with E-state index in [1.807, 2.05) is 35.2 Å². The standard InChI is InChI=1S/C22H42N4O7/c1-9-15(18(23)28)17(20(31)32)16(19(29)30)10-22(2,3)21(33)24-13-26(7,8)12-14(27)11-25(4,5)6/h14-17,27H,9-13H2,1-8H3,(H3-2,23,24,28,29,30,31,32,33)/p+2. The summed E-state index contributed by atoms with van der Waals surface area (Å²) in [5.41, 5.74) is 4.09. The first-order valence-electron chi connectivity index (χ1n) is 11.1. The van der Waals surface area contributed by atoms with Crippen LogP contribution >= 0.6 is 0 Å². The van der Waals surface area contributed by atoms with Crippen LogP contribution in [0.5, 0.6) is 0 Å². The molecule has 0 aromatic carbocycles. The molecule has 11 heteroatoms. The van der Waals surface area contributed by atoms with Crippen molar-refractivity contribution < 1.29 is 43.5 Å². The summed E-state index contributed by atoms with van der Waals surface area (Å²) in [6, 6.07) is 0. The number of carbonyl (C=O) groups is 4. The van der Waals surface area contributed by atoms with E-state index in [1.165, 1.54) is 13.8 Å². The molecule has 4 atom stereocenters. The highest BCUT2D eigenvalue weighted by Crippen LogP contribution is 2.35. The van der Waals surface area contributed by atoms with Gasteiger partial charge in [-0.05, 0) is 12.8 Å². The maximum Gasteiger partial charge on any atom is 0.308 e. The maximum absolute atomic E-state index is 12.9. The molecule has 0 rings (SSSR count). The van der Waals surface area contributed by atoms with Gasteiger partial charge in [0.25, 0.3) is 0 Å². The van der Waals surface area contributed by atoms with Gasteiger partial charge in [-0.15, -0.1) is 0 Å². The van der Waals surface area contributed by atoms with E-state index < -0.39 is 53.0 Å². The van der Waals surface area contributed by atoms with Crippen molar-refractivity contribution in [3.8, 4) is 0 Å². The molecule has 0 saturated carbocycles. The average molecular weight is 477 g/mol. The summed E-state index contributed by atoms with van der Waals surface area (Å²) in [6.07, 6.45) is -0.798. The van der Waals surface area contributed by atoms with Gasteiger partial charge in [0, 0.05) is 5.41 Å². The maximum atomic E-state index is 12.9. The van der Waals surface area contributed by atoms with E-state index in [9.17, 15) is 34.5 Å². The van der Waals surface area contributed by atoms with Gasteiger partial charge in [0.2, 0.25) is 11.8 Å². The molecule has 0 aromatic rings. The number of hydrogen-bond donors (Lipinski definition) is 5. The van der Waals surface area contributed by atoms with E-state index in [2.05, 4.69) is 5.32 Å². The van der Waals surface area contributed by atoms with Gasteiger partial charge in [-0.3, -0.25) is 19.2 Å². The van der Waals surface area contributed by atoms with Gasteiger partial charge in [0.1, 0.15) is 13.1 Å². The van der Waals surface area contributed by atoms with Crippen LogP contribution in [0.25, 0.3) is 0 Å². The van der Waals surface area contributed by atoms with Crippen LogP contribution in [0.4, 0.5) is 0 Å². The molecule has 11 nitrogen and oxygen atoms in total. The predicted molar refractivity (Wildman–Crippen MR) is 123 cm³/mol. The quantitative estimate of drug-likeness (QED) is 0.157. The lowest BCUT2D eigenvalue weighted by atomic mass is 9.71. The Morgan fingerprint density at radius 1 is 0.939 bits per heavy atom. The number of amides is 2. The molecular weight excluding hydrogens is 432 g/mol. The van der Waals surface area contributed by atoms with Gasteiger partial charge in [-0.1, -0.05) is 20.8 Å². The van der Waals surface area contributed by atoms with Gasteiger partial charge in [0.15, 0.2) is 12.8 Å². The highest BCUT2D eigenvalue weighted by atomic mass is 16.4. The Morgan fingerprint density at radius 2 is 1.45 bits per heavy atom. The third kappa shape index (κ3) is 10.5. The Morgan fingerprint density at radius 3 is 1.82 bits per heavy atom. The number of aliphatic carboxylic acids is 2. The topological polar surface area (TPSA) is 167 Å². The second-order valence-electron chi connectivity index (χ2n) is 11.2. The highest BCUT2D eigenvalue weighted by molar-refractivity contribution is 5.88. The summed E-state index contributed by atoms with van der Waals surface area (Å²) in [7, 11) is 9.62. The van der Waals surface area contributed by atoms with Gasteiger partial charge in [-0.25, -0.2) is 0 Å². The summed E-state index contributed by atoms with van der Waals surface area (Å²) in [4.78, 5) is 48.5. The number of nitrogens with one attached hydrogen (secondary N) is 1. The molecule has 0 heterocycles. The van der Waals surface area contributed by atoms with Crippen molar-refractivity contribution in [2.45, 2.75) is 39.7 Å². The van der Waals surface area contributed by atoms with E-state index in [4.69, 9.17) is 5.73 Å². The first kappa shape index (κ1) is 30.8. The number of nitrogens with two attached hydrogens (primary N) is 1. The van der Waals surface area contributed by atoms with Crippen LogP contribution in [-0.4, -0.2) is 109 Å². The fraction of sp³-hybridized carbons (Fsp3) is 0.818. The van der Waals surface area contributed by atoms with Crippen molar-refractivity contribution in [3.63, 3.8) is 0 Å². The summed E-state index contributed by atoms with van der Waals surface area (Å²) in [5, 5.41) is 32.5. The van der Waals surface area contributed by atoms with E-state index in [1.54, 1.807) is 6.92 Å². The zero-order chi connectivity index (χ0) is 26.4. The molecule has 192 valence electrons. The summed E-state index contributed by atoms with van der Waals surface area (Å²) < 4.78 is 0.884. The molecule has 0 aromatic heterocycles. The molecule has 0 spiro atoms. The van der Waals surface area contributed by atoms with Crippen molar-refractivity contribution in [3.05, 3.63) is 0 Å². The Labute approximate surface area is 196 Å². The second kappa shape index (κ2) is 11.8. The van der Waals surface area contributed by atoms with Gasteiger partial charge in [-0.2, -0.15) is 0 Å². The van der Waals surface area contributed by atoms with Crippen molar-refractivity contribution in [1.82, 2.24) is 5.32 Å². The first-order chi connectivity index (χ1) is 14.7. The van der Waals surface area contributed by atoms with Crippen molar-refractivity contribution >= 4 is 23.8 Å². The number of carbonyl (C=O) groups excluding carboxylic acids is 2. The molecule has 0 fully saturated rings. The van der Waals surface area contributed by atoms with Gasteiger partial charge >= 0.3 is 11.9 Å². The third-order valence-electron chi connectivity index (χ3n) is 5.75. The molecule has 4 unspecified atom stereocenters. The smallest absolute Gasteiger partial charge is 0.308 e. The molecule has 0 bridgehead atoms. The fourth-order valence-corrected chi connectivity index (χ4v) is 4.12. The lowest BCUT2D eigenvalue weighted by Gasteiger charge is -2.36. The Hall–Kier alpha value is -2.24. The number of carboxylic acids is 2. The third-order valence-corrected chi connectivity index (χ3v) is 5.75. The molecule has 33 heavy (non-hydrogen) atoms. The number of primary amides is 1. The van der Waals surface area contributed by atoms with Crippen LogP contribution in [0.2, 0.25) is 0 Å². The average Bonchev–Trinajstić information content (AvgIpc) is 2.59. The largest absolute Gasteiger partial charge is 0.481 e. The van der Waals surface area contributed by atoms with Gasteiger partial charge < -0.3 is 35.3 Å². The Bertz CT molecular complexity index is 716. The van der Waals surface area contributed by atoms with Crippen LogP contribution in [0.15, 0.2) is 0 Å². The Balaban J connectivity index is 5.44. The number of nitrogens with zero attached hydrogens (tertiary/aromatic N) is 2. The van der Waals surface area contributed by atoms with Crippen molar-refractivity contribution in [1.29, 1.82) is 0 Å². The molecule has 0 saturated heterocycles. The fourth-order valence-electron chi connectivity index (χ4n) is 4.12. The zero-order valence-corrected chi connectivity index (χ0v) is 21.3. The summed E-state index contributed by atoms with van der Waals surface area (Å²) in [6.45, 7) is 5.76. The zero-order valence-electron chi connectivity index (χ0n) is 21.3. The van der Waals surface area contributed by atoms with Crippen LogP contribution in [0.1, 0.15) is 33.6 Å². The van der Waals surface area contributed by atoms with Crippen molar-refractivity contribution in [2.24, 2.45) is 28.9 Å². The molecular formula is C22H44N4O7+2. The summed E-state index contributed by atoms with van der Waals surface area (Å²) >= 11 is 0. The van der Waals surface area contributed by atoms with Crippen LogP contribution in [-0.2, 0) is 19.2 Å². The number of carboxylic acid groups (broad SMARTS) is 2. The second-order valence-corrected chi connectivity index (χ2v) is 11.2. The van der Waals surface area contributed by atoms with Gasteiger partial charge in [0.05, 0.1) is 53.0 Å². The number of likely N-dealkylation sites (N-methyl/N-ethyl adjacent to an activating group) is 2. The normalized spacial score (nSPS) is 16.4. The van der Waals surface area contributed by atoms with Crippen molar-refractivity contribution in [2.75, 3.05) is 55.0 Å². The van der Waals surface area contributed by atoms with E-state index in [-0.39, 0.29) is 19.5 Å². The Kier molecular flexibility index (Phi) is 11.0. The SMILES string of the molecule is CCC(C(N)=O)C(C(=O)O)C(CC(C)(C)C(=O)NC[N+](C)(C)CC(O)C[N+](C)(C)C)C(=O)O. The molecule has 2 amide bonds. The molecule has 0 aliphatic heterocycles. The number of rotatable bonds is 15. The van der Waals surface area contributed by atoms with E-state index in [0.717, 1.165) is 0 Å². The lowest BCUT2D eigenvalue weighted by Crippen LogP contribution is -2.56. The highest BCUT2D eigenvalue weighted by Gasteiger charge is 2.45. The summed E-state index contributed by atoms with van der Waals surface area (Å²) in [5.74, 6) is -8.36. The van der Waals surface area contributed by atoms with Crippen LogP contribution < -0.4 is 11.1 Å². The number of aliphatic hydroxyl groups excluding tert-OH is 1. The molecule has 0 aliphatic carbocycles. The number of quaternary nitrogens is 2.